The predicted molar refractivity (Wildman–Crippen MR) is 102 cm³/mol. The van der Waals surface area contributed by atoms with Gasteiger partial charge >= 0.3 is 0 Å². The zero-order valence-corrected chi connectivity index (χ0v) is 15.7. The van der Waals surface area contributed by atoms with Gasteiger partial charge < -0.3 is 4.74 Å². The standard InChI is InChI=1S/C20H19N7O2/c21-7-13-2-4-25(19(13)28)18-17-1-3-22-27(17)10-16(24-18)14-8-23-26(9-14)15-5-20(6-15)11-29-12-20/h1,3,8-10,13,15H,2,4-6,11-12H2. The van der Waals surface area contributed by atoms with Gasteiger partial charge in [0.15, 0.2) is 5.82 Å². The van der Waals surface area contributed by atoms with Gasteiger partial charge in [0.05, 0.1) is 49.6 Å². The first-order valence-electron chi connectivity index (χ1n) is 9.83. The minimum atomic E-state index is -0.604. The van der Waals surface area contributed by atoms with E-state index in [4.69, 9.17) is 9.72 Å². The van der Waals surface area contributed by atoms with Crippen LogP contribution in [0.2, 0.25) is 0 Å². The molecule has 146 valence electrons. The number of anilines is 1. The smallest absolute Gasteiger partial charge is 0.245 e. The summed E-state index contributed by atoms with van der Waals surface area (Å²) >= 11 is 0. The number of amides is 1. The number of hydrogen-bond acceptors (Lipinski definition) is 6. The molecule has 3 fully saturated rings. The average Bonchev–Trinajstić information content (AvgIpc) is 3.37. The van der Waals surface area contributed by atoms with E-state index in [0.29, 0.717) is 35.9 Å². The number of rotatable bonds is 3. The van der Waals surface area contributed by atoms with Crippen molar-refractivity contribution in [2.24, 2.45) is 11.3 Å². The monoisotopic (exact) mass is 389 g/mol. The number of carbonyl (C=O) groups is 1. The summed E-state index contributed by atoms with van der Waals surface area (Å²) in [6, 6.07) is 4.31. The van der Waals surface area contributed by atoms with E-state index in [-0.39, 0.29) is 5.91 Å². The largest absolute Gasteiger partial charge is 0.380 e. The summed E-state index contributed by atoms with van der Waals surface area (Å²) in [5, 5.41) is 18.1. The van der Waals surface area contributed by atoms with Crippen molar-refractivity contribution in [3.05, 3.63) is 30.9 Å². The Balaban J connectivity index is 1.34. The Kier molecular flexibility index (Phi) is 3.38. The Bertz CT molecular complexity index is 1160. The summed E-state index contributed by atoms with van der Waals surface area (Å²) in [7, 11) is 0. The summed E-state index contributed by atoms with van der Waals surface area (Å²) in [4.78, 5) is 19.0. The lowest BCUT2D eigenvalue weighted by atomic mass is 9.64. The molecule has 1 aliphatic carbocycles. The Morgan fingerprint density at radius 2 is 2.10 bits per heavy atom. The highest BCUT2D eigenvalue weighted by Gasteiger charge is 2.50. The molecule has 1 spiro atoms. The van der Waals surface area contributed by atoms with Gasteiger partial charge in [-0.05, 0) is 25.3 Å². The summed E-state index contributed by atoms with van der Waals surface area (Å²) in [5.41, 5.74) is 2.72. The molecule has 3 aromatic heterocycles. The third kappa shape index (κ3) is 2.42. The summed E-state index contributed by atoms with van der Waals surface area (Å²) in [6.45, 7) is 2.22. The molecule has 1 atom stereocenters. The minimum Gasteiger partial charge on any atom is -0.380 e. The lowest BCUT2D eigenvalue weighted by Crippen LogP contribution is -2.52. The van der Waals surface area contributed by atoms with Crippen LogP contribution in [-0.2, 0) is 9.53 Å². The number of nitrogens with zero attached hydrogens (tertiary/aromatic N) is 7. The summed E-state index contributed by atoms with van der Waals surface area (Å²) < 4.78 is 9.10. The van der Waals surface area contributed by atoms with Gasteiger partial charge in [0.25, 0.3) is 0 Å². The van der Waals surface area contributed by atoms with E-state index in [1.807, 2.05) is 29.3 Å². The molecule has 1 saturated carbocycles. The van der Waals surface area contributed by atoms with Crippen molar-refractivity contribution in [2.45, 2.75) is 25.3 Å². The highest BCUT2D eigenvalue weighted by atomic mass is 16.5. The highest BCUT2D eigenvalue weighted by Crippen LogP contribution is 2.52. The fourth-order valence-electron chi connectivity index (χ4n) is 4.68. The van der Waals surface area contributed by atoms with Crippen LogP contribution in [0.3, 0.4) is 0 Å². The Morgan fingerprint density at radius 3 is 2.83 bits per heavy atom. The third-order valence-electron chi connectivity index (χ3n) is 6.41. The Morgan fingerprint density at radius 1 is 1.24 bits per heavy atom. The molecule has 1 unspecified atom stereocenters. The molecule has 3 aliphatic rings. The van der Waals surface area contributed by atoms with Crippen molar-refractivity contribution in [3.63, 3.8) is 0 Å². The molecule has 2 saturated heterocycles. The maximum Gasteiger partial charge on any atom is 0.245 e. The molecule has 1 amide bonds. The maximum atomic E-state index is 12.6. The van der Waals surface area contributed by atoms with Gasteiger partial charge in [0, 0.05) is 23.7 Å². The summed E-state index contributed by atoms with van der Waals surface area (Å²) in [6.07, 6.45) is 10.1. The number of nitriles is 1. The number of carbonyl (C=O) groups excluding carboxylic acids is 1. The van der Waals surface area contributed by atoms with Gasteiger partial charge in [-0.15, -0.1) is 0 Å². The second kappa shape index (κ2) is 5.87. The lowest BCUT2D eigenvalue weighted by Gasteiger charge is -2.53. The second-order valence-corrected chi connectivity index (χ2v) is 8.33. The van der Waals surface area contributed by atoms with Crippen molar-refractivity contribution >= 4 is 17.2 Å². The zero-order valence-electron chi connectivity index (χ0n) is 15.7. The molecule has 2 aliphatic heterocycles. The van der Waals surface area contributed by atoms with E-state index < -0.39 is 5.92 Å². The number of fused-ring (bicyclic) bond motifs is 1. The van der Waals surface area contributed by atoms with Crippen molar-refractivity contribution in [2.75, 3.05) is 24.7 Å². The van der Waals surface area contributed by atoms with Crippen molar-refractivity contribution in [1.29, 1.82) is 5.26 Å². The van der Waals surface area contributed by atoms with Crippen LogP contribution in [-0.4, -0.2) is 50.0 Å². The molecule has 0 N–H and O–H groups in total. The quantitative estimate of drug-likeness (QED) is 0.677. The van der Waals surface area contributed by atoms with Gasteiger partial charge in [0.1, 0.15) is 11.4 Å². The topological polar surface area (TPSA) is 101 Å². The highest BCUT2D eigenvalue weighted by molar-refractivity contribution is 6.01. The van der Waals surface area contributed by atoms with E-state index >= 15 is 0 Å². The zero-order chi connectivity index (χ0) is 19.6. The number of ether oxygens (including phenoxy) is 1. The first-order valence-corrected chi connectivity index (χ1v) is 9.83. The van der Waals surface area contributed by atoms with E-state index in [1.165, 1.54) is 0 Å². The predicted octanol–water partition coefficient (Wildman–Crippen LogP) is 1.82. The van der Waals surface area contributed by atoms with E-state index in [2.05, 4.69) is 16.3 Å². The maximum absolute atomic E-state index is 12.6. The summed E-state index contributed by atoms with van der Waals surface area (Å²) in [5.74, 6) is -0.254. The SMILES string of the molecule is N#CC1CCN(c2nc(-c3cnn(C4CC5(COC5)C4)c3)cn3nccc23)C1=O. The second-order valence-electron chi connectivity index (χ2n) is 8.33. The van der Waals surface area contributed by atoms with Crippen molar-refractivity contribution in [1.82, 2.24) is 24.4 Å². The first kappa shape index (κ1) is 16.7. The normalized spacial score (nSPS) is 23.3. The van der Waals surface area contributed by atoms with Gasteiger partial charge in [0.2, 0.25) is 5.91 Å². The molecule has 0 radical (unpaired) electrons. The molecular formula is C20H19N7O2. The fourth-order valence-corrected chi connectivity index (χ4v) is 4.68. The van der Waals surface area contributed by atoms with Gasteiger partial charge in [-0.1, -0.05) is 0 Å². The van der Waals surface area contributed by atoms with Crippen LogP contribution in [0.15, 0.2) is 30.9 Å². The van der Waals surface area contributed by atoms with Crippen LogP contribution in [0, 0.1) is 22.7 Å². The Labute approximate surface area is 166 Å². The minimum absolute atomic E-state index is 0.196. The van der Waals surface area contributed by atoms with Gasteiger partial charge in [-0.25, -0.2) is 9.50 Å². The molecule has 5 heterocycles. The van der Waals surface area contributed by atoms with E-state index in [9.17, 15) is 10.1 Å². The van der Waals surface area contributed by atoms with Crippen molar-refractivity contribution < 1.29 is 9.53 Å². The van der Waals surface area contributed by atoms with Gasteiger partial charge in [-0.2, -0.15) is 15.5 Å². The molecule has 6 rings (SSSR count). The Hall–Kier alpha value is -3.25. The lowest BCUT2D eigenvalue weighted by molar-refractivity contribution is -0.175. The molecule has 9 nitrogen and oxygen atoms in total. The van der Waals surface area contributed by atoms with Crippen LogP contribution in [0.25, 0.3) is 16.8 Å². The molecule has 3 aromatic rings. The third-order valence-corrected chi connectivity index (χ3v) is 6.41. The number of hydrogen-bond donors (Lipinski definition) is 0. The van der Waals surface area contributed by atoms with Crippen molar-refractivity contribution in [3.8, 4) is 17.3 Å². The molecular weight excluding hydrogens is 370 g/mol. The van der Waals surface area contributed by atoms with Gasteiger partial charge in [-0.3, -0.25) is 14.4 Å². The first-order chi connectivity index (χ1) is 14.2. The van der Waals surface area contributed by atoms with Crippen LogP contribution in [0.5, 0.6) is 0 Å². The van der Waals surface area contributed by atoms with Crippen LogP contribution in [0.1, 0.15) is 25.3 Å². The molecule has 0 aromatic carbocycles. The van der Waals surface area contributed by atoms with Crippen LogP contribution >= 0.6 is 0 Å². The molecule has 29 heavy (non-hydrogen) atoms. The van der Waals surface area contributed by atoms with Crippen LogP contribution in [0.4, 0.5) is 5.82 Å². The molecule has 9 heteroatoms. The van der Waals surface area contributed by atoms with E-state index in [1.54, 1.807) is 15.6 Å². The van der Waals surface area contributed by atoms with Crippen LogP contribution < -0.4 is 4.90 Å². The fraction of sp³-hybridized carbons (Fsp3) is 0.450. The number of aromatic nitrogens is 5. The molecule has 0 bridgehead atoms. The average molecular weight is 389 g/mol. The van der Waals surface area contributed by atoms with E-state index in [0.717, 1.165) is 37.1 Å².